The molecular weight excluding hydrogens is 386 g/mol. The SMILES string of the molecule is CC1=CCN(Cc2cc3ccccc3cn2)C[C@H]1c1cc(C(F)F)nc2ncnn12. The van der Waals surface area contributed by atoms with Gasteiger partial charge in [0, 0.05) is 37.1 Å². The van der Waals surface area contributed by atoms with Crippen LogP contribution in [0.5, 0.6) is 0 Å². The second kappa shape index (κ2) is 7.53. The number of benzene rings is 1. The maximum atomic E-state index is 13.4. The number of nitrogens with zero attached hydrogens (tertiary/aromatic N) is 6. The first-order chi connectivity index (χ1) is 14.6. The molecule has 1 atom stereocenters. The molecule has 0 unspecified atom stereocenters. The molecule has 0 saturated carbocycles. The van der Waals surface area contributed by atoms with E-state index in [0.717, 1.165) is 28.6 Å². The molecule has 3 aromatic heterocycles. The van der Waals surface area contributed by atoms with E-state index in [2.05, 4.69) is 43.2 Å². The largest absolute Gasteiger partial charge is 0.293 e. The van der Waals surface area contributed by atoms with Crippen LogP contribution in [-0.4, -0.2) is 42.6 Å². The Morgan fingerprint density at radius 3 is 2.80 bits per heavy atom. The van der Waals surface area contributed by atoms with Gasteiger partial charge in [0.1, 0.15) is 12.0 Å². The van der Waals surface area contributed by atoms with Crippen molar-refractivity contribution in [3.63, 3.8) is 0 Å². The predicted octanol–water partition coefficient (Wildman–Crippen LogP) is 4.16. The maximum Gasteiger partial charge on any atom is 0.280 e. The highest BCUT2D eigenvalue weighted by Gasteiger charge is 2.27. The van der Waals surface area contributed by atoms with Crippen LogP contribution >= 0.6 is 0 Å². The van der Waals surface area contributed by atoms with Crippen LogP contribution in [0.15, 0.2) is 60.6 Å². The Morgan fingerprint density at radius 1 is 1.13 bits per heavy atom. The van der Waals surface area contributed by atoms with E-state index in [-0.39, 0.29) is 17.4 Å². The minimum absolute atomic E-state index is 0.0797. The van der Waals surface area contributed by atoms with Gasteiger partial charge in [-0.3, -0.25) is 9.88 Å². The van der Waals surface area contributed by atoms with Gasteiger partial charge in [-0.1, -0.05) is 35.9 Å². The Balaban J connectivity index is 1.45. The zero-order valence-corrected chi connectivity index (χ0v) is 16.4. The van der Waals surface area contributed by atoms with E-state index in [0.29, 0.717) is 18.8 Å². The minimum atomic E-state index is -2.66. The highest BCUT2D eigenvalue weighted by atomic mass is 19.3. The Morgan fingerprint density at radius 2 is 1.97 bits per heavy atom. The van der Waals surface area contributed by atoms with E-state index in [9.17, 15) is 8.78 Å². The summed E-state index contributed by atoms with van der Waals surface area (Å²) in [4.78, 5) is 14.8. The summed E-state index contributed by atoms with van der Waals surface area (Å²) in [5.41, 5.74) is 2.51. The molecule has 5 rings (SSSR count). The van der Waals surface area contributed by atoms with Crippen molar-refractivity contribution in [3.05, 3.63) is 77.7 Å². The summed E-state index contributed by atoms with van der Waals surface area (Å²) < 4.78 is 28.3. The molecule has 1 aliphatic rings. The van der Waals surface area contributed by atoms with E-state index in [4.69, 9.17) is 0 Å². The van der Waals surface area contributed by atoms with Crippen molar-refractivity contribution in [2.24, 2.45) is 0 Å². The molecule has 4 aromatic rings. The standard InChI is InChI=1S/C22H20F2N6/c1-14-6-7-29(11-17-8-15-4-2-3-5-16(15)10-25-17)12-18(14)20-9-19(21(23)24)28-22-26-13-27-30(20)22/h2-6,8-10,13,18,21H,7,11-12H2,1H3/t18-/m1/s1. The molecule has 0 N–H and O–H groups in total. The van der Waals surface area contributed by atoms with Gasteiger partial charge in [-0.25, -0.2) is 18.3 Å². The Bertz CT molecular complexity index is 1250. The lowest BCUT2D eigenvalue weighted by Gasteiger charge is -2.32. The van der Waals surface area contributed by atoms with E-state index < -0.39 is 6.43 Å². The van der Waals surface area contributed by atoms with Crippen LogP contribution in [0.1, 0.15) is 36.3 Å². The summed E-state index contributed by atoms with van der Waals surface area (Å²) >= 11 is 0. The van der Waals surface area contributed by atoms with Crippen LogP contribution in [0.25, 0.3) is 16.6 Å². The van der Waals surface area contributed by atoms with Crippen molar-refractivity contribution < 1.29 is 8.78 Å². The molecule has 4 heterocycles. The zero-order chi connectivity index (χ0) is 20.7. The Labute approximate surface area is 171 Å². The number of hydrogen-bond acceptors (Lipinski definition) is 5. The van der Waals surface area contributed by atoms with Crippen LogP contribution in [0.4, 0.5) is 8.78 Å². The number of hydrogen-bond donors (Lipinski definition) is 0. The number of aromatic nitrogens is 5. The fourth-order valence-electron chi connectivity index (χ4n) is 4.01. The third-order valence-corrected chi connectivity index (χ3v) is 5.61. The summed E-state index contributed by atoms with van der Waals surface area (Å²) in [6.45, 7) is 4.17. The van der Waals surface area contributed by atoms with E-state index in [1.807, 2.05) is 31.3 Å². The highest BCUT2D eigenvalue weighted by molar-refractivity contribution is 5.81. The lowest BCUT2D eigenvalue weighted by molar-refractivity contribution is 0.146. The first-order valence-corrected chi connectivity index (χ1v) is 9.80. The summed E-state index contributed by atoms with van der Waals surface area (Å²) in [6.07, 6.45) is 2.72. The van der Waals surface area contributed by atoms with Gasteiger partial charge >= 0.3 is 0 Å². The first-order valence-electron chi connectivity index (χ1n) is 9.80. The maximum absolute atomic E-state index is 13.4. The third kappa shape index (κ3) is 3.43. The fraction of sp³-hybridized carbons (Fsp3) is 0.273. The number of halogens is 2. The molecule has 0 aliphatic carbocycles. The molecule has 6 nitrogen and oxygen atoms in total. The summed E-state index contributed by atoms with van der Waals surface area (Å²) in [7, 11) is 0. The molecule has 0 radical (unpaired) electrons. The van der Waals surface area contributed by atoms with Gasteiger partial charge in [0.15, 0.2) is 0 Å². The third-order valence-electron chi connectivity index (χ3n) is 5.61. The molecule has 1 aromatic carbocycles. The minimum Gasteiger partial charge on any atom is -0.293 e. The van der Waals surface area contributed by atoms with Crippen molar-refractivity contribution in [1.82, 2.24) is 29.5 Å². The van der Waals surface area contributed by atoms with Crippen molar-refractivity contribution in [3.8, 4) is 0 Å². The summed E-state index contributed by atoms with van der Waals surface area (Å²) in [5.74, 6) is 0.118. The van der Waals surface area contributed by atoms with Gasteiger partial charge in [0.05, 0.1) is 11.4 Å². The lowest BCUT2D eigenvalue weighted by Crippen LogP contribution is -2.34. The van der Waals surface area contributed by atoms with E-state index in [1.54, 1.807) is 4.52 Å². The average Bonchev–Trinajstić information content (AvgIpc) is 3.23. The smallest absolute Gasteiger partial charge is 0.280 e. The van der Waals surface area contributed by atoms with Crippen LogP contribution in [0, 0.1) is 0 Å². The van der Waals surface area contributed by atoms with Crippen molar-refractivity contribution in [2.75, 3.05) is 13.1 Å². The number of rotatable bonds is 4. The normalized spacial score (nSPS) is 17.7. The van der Waals surface area contributed by atoms with Crippen LogP contribution in [0.2, 0.25) is 0 Å². The van der Waals surface area contributed by atoms with Gasteiger partial charge < -0.3 is 0 Å². The molecule has 1 aliphatic heterocycles. The summed E-state index contributed by atoms with van der Waals surface area (Å²) in [5, 5.41) is 6.48. The van der Waals surface area contributed by atoms with Gasteiger partial charge in [0.2, 0.25) is 0 Å². The second-order valence-corrected chi connectivity index (χ2v) is 7.60. The molecule has 0 amide bonds. The Hall–Kier alpha value is -3.26. The monoisotopic (exact) mass is 406 g/mol. The molecule has 8 heteroatoms. The molecule has 0 bridgehead atoms. The highest BCUT2D eigenvalue weighted by Crippen LogP contribution is 2.31. The van der Waals surface area contributed by atoms with Gasteiger partial charge in [-0.15, -0.1) is 0 Å². The number of pyridine rings is 1. The molecule has 0 saturated heterocycles. The molecule has 0 fully saturated rings. The van der Waals surface area contributed by atoms with Crippen molar-refractivity contribution in [2.45, 2.75) is 25.8 Å². The lowest BCUT2D eigenvalue weighted by atomic mass is 9.92. The van der Waals surface area contributed by atoms with E-state index in [1.165, 1.54) is 12.4 Å². The van der Waals surface area contributed by atoms with Gasteiger partial charge in [-0.05, 0) is 24.4 Å². The van der Waals surface area contributed by atoms with Gasteiger partial charge in [-0.2, -0.15) is 10.1 Å². The van der Waals surface area contributed by atoms with Crippen molar-refractivity contribution in [1.29, 1.82) is 0 Å². The van der Waals surface area contributed by atoms with E-state index >= 15 is 0 Å². The molecule has 30 heavy (non-hydrogen) atoms. The molecule has 0 spiro atoms. The van der Waals surface area contributed by atoms with Crippen molar-refractivity contribution >= 4 is 16.6 Å². The topological polar surface area (TPSA) is 59.2 Å². The molecule has 152 valence electrons. The van der Waals surface area contributed by atoms with Gasteiger partial charge in [0.25, 0.3) is 12.2 Å². The summed E-state index contributed by atoms with van der Waals surface area (Å²) in [6, 6.07) is 11.7. The quantitative estimate of drug-likeness (QED) is 0.477. The van der Waals surface area contributed by atoms with Crippen LogP contribution in [-0.2, 0) is 6.54 Å². The predicted molar refractivity (Wildman–Crippen MR) is 109 cm³/mol. The second-order valence-electron chi connectivity index (χ2n) is 7.60. The first kappa shape index (κ1) is 18.7. The average molecular weight is 406 g/mol. The Kier molecular flexibility index (Phi) is 4.71. The molecular formula is C22H20F2N6. The fourth-order valence-corrected chi connectivity index (χ4v) is 4.01. The van der Waals surface area contributed by atoms with Crippen LogP contribution in [0.3, 0.4) is 0 Å². The number of fused-ring (bicyclic) bond motifs is 2. The zero-order valence-electron chi connectivity index (χ0n) is 16.4. The number of alkyl halides is 2. The van der Waals surface area contributed by atoms with Crippen LogP contribution < -0.4 is 0 Å².